The molecule has 6 rings (SSSR count). The number of fused-ring (bicyclic) bond motifs is 2. The molecule has 0 aliphatic rings. The van der Waals surface area contributed by atoms with Crippen LogP contribution < -0.4 is 4.74 Å². The van der Waals surface area contributed by atoms with Crippen LogP contribution in [0, 0.1) is 13.8 Å². The predicted octanol–water partition coefficient (Wildman–Crippen LogP) is 9.03. The van der Waals surface area contributed by atoms with E-state index in [-0.39, 0.29) is 5.75 Å². The average Bonchev–Trinajstić information content (AvgIpc) is 2.92. The highest BCUT2D eigenvalue weighted by Crippen LogP contribution is 2.25. The molecule has 0 saturated heterocycles. The summed E-state index contributed by atoms with van der Waals surface area (Å²) in [7, 11) is 0. The summed E-state index contributed by atoms with van der Waals surface area (Å²) in [5.41, 5.74) is 4.41. The Morgan fingerprint density at radius 2 is 1.11 bits per heavy atom. The van der Waals surface area contributed by atoms with Crippen molar-refractivity contribution in [2.45, 2.75) is 13.8 Å². The summed E-state index contributed by atoms with van der Waals surface area (Å²) in [6.45, 7) is 4.14. The Hall–Kier alpha value is -4.22. The van der Waals surface area contributed by atoms with Gasteiger partial charge in [0.1, 0.15) is 17.2 Å². The number of aromatic nitrogens is 2. The van der Waals surface area contributed by atoms with Gasteiger partial charge in [-0.05, 0) is 86.6 Å². The second-order valence-corrected chi connectivity index (χ2v) is 9.36. The number of benzene rings is 4. The van der Waals surface area contributed by atoms with Crippen LogP contribution in [-0.2, 0) is 0 Å². The molecule has 0 radical (unpaired) electrons. The summed E-state index contributed by atoms with van der Waals surface area (Å²) in [4.78, 5) is 8.40. The number of hydrogen-bond donors (Lipinski definition) is 1. The van der Waals surface area contributed by atoms with Crippen molar-refractivity contribution >= 4 is 37.7 Å². The normalized spacial score (nSPS) is 10.1. The molecule has 0 aliphatic carbocycles. The second kappa shape index (κ2) is 12.7. The number of aromatic hydroxyl groups is 1. The van der Waals surface area contributed by atoms with Crippen LogP contribution in [-0.4, -0.2) is 15.1 Å². The topological polar surface area (TPSA) is 55.2 Å². The fraction of sp³-hybridized carbons (Fsp3) is 0.0625. The molecule has 1 N–H and O–H groups in total. The fourth-order valence-corrected chi connectivity index (χ4v) is 3.72. The third-order valence-corrected chi connectivity index (χ3v) is 5.96. The Morgan fingerprint density at radius 1 is 0.595 bits per heavy atom. The standard InChI is InChI=1S/C16H13NO.C9H7NO.C7H7Br/c1-12-4-6-14(7-5-12)18-15-8-9-16-13(11-15)3-2-10-17-16;11-8-3-4-9-7(6-8)2-1-5-10-9;1-6-2-4-7(8)5-3-6/h2-11H,1H3;1-6,11H;2-5H,1H3. The molecular formula is C32H27BrN2O2. The van der Waals surface area contributed by atoms with E-state index < -0.39 is 0 Å². The largest absolute Gasteiger partial charge is 0.508 e. The molecule has 6 aromatic rings. The van der Waals surface area contributed by atoms with Crippen LogP contribution in [0.4, 0.5) is 0 Å². The lowest BCUT2D eigenvalue weighted by atomic mass is 10.2. The van der Waals surface area contributed by atoms with Gasteiger partial charge in [-0.1, -0.05) is 63.5 Å². The maximum absolute atomic E-state index is 9.10. The molecule has 2 aromatic heterocycles. The molecule has 4 aromatic carbocycles. The van der Waals surface area contributed by atoms with E-state index in [0.29, 0.717) is 0 Å². The van der Waals surface area contributed by atoms with E-state index in [1.54, 1.807) is 30.6 Å². The molecule has 2 heterocycles. The minimum absolute atomic E-state index is 0.283. The van der Waals surface area contributed by atoms with Crippen LogP contribution >= 0.6 is 15.9 Å². The van der Waals surface area contributed by atoms with Crippen molar-refractivity contribution < 1.29 is 9.84 Å². The van der Waals surface area contributed by atoms with Gasteiger partial charge >= 0.3 is 0 Å². The summed E-state index contributed by atoms with van der Waals surface area (Å²) in [5, 5.41) is 11.2. The molecule has 0 bridgehead atoms. The number of hydrogen-bond acceptors (Lipinski definition) is 4. The molecule has 0 saturated carbocycles. The van der Waals surface area contributed by atoms with Crippen molar-refractivity contribution in [2.24, 2.45) is 0 Å². The van der Waals surface area contributed by atoms with Gasteiger partial charge < -0.3 is 9.84 Å². The van der Waals surface area contributed by atoms with Gasteiger partial charge in [-0.15, -0.1) is 0 Å². The number of aryl methyl sites for hydroxylation is 2. The van der Waals surface area contributed by atoms with Crippen molar-refractivity contribution in [1.29, 1.82) is 0 Å². The number of nitrogens with zero attached hydrogens (tertiary/aromatic N) is 2. The second-order valence-electron chi connectivity index (χ2n) is 8.45. The van der Waals surface area contributed by atoms with E-state index in [0.717, 1.165) is 37.8 Å². The highest BCUT2D eigenvalue weighted by molar-refractivity contribution is 9.10. The maximum atomic E-state index is 9.10. The Morgan fingerprint density at radius 3 is 1.70 bits per heavy atom. The van der Waals surface area contributed by atoms with Crippen molar-refractivity contribution in [3.8, 4) is 17.2 Å². The zero-order chi connectivity index (χ0) is 26.0. The van der Waals surface area contributed by atoms with Gasteiger partial charge in [-0.2, -0.15) is 0 Å². The van der Waals surface area contributed by atoms with Crippen molar-refractivity contribution in [1.82, 2.24) is 9.97 Å². The highest BCUT2D eigenvalue weighted by atomic mass is 79.9. The van der Waals surface area contributed by atoms with Gasteiger partial charge in [0.2, 0.25) is 0 Å². The first-order chi connectivity index (χ1) is 18.0. The van der Waals surface area contributed by atoms with E-state index in [9.17, 15) is 0 Å². The molecule has 4 nitrogen and oxygen atoms in total. The van der Waals surface area contributed by atoms with Crippen LogP contribution in [0.25, 0.3) is 21.8 Å². The smallest absolute Gasteiger partial charge is 0.128 e. The van der Waals surface area contributed by atoms with Crippen LogP contribution in [0.5, 0.6) is 17.2 Å². The van der Waals surface area contributed by atoms with Gasteiger partial charge in [-0.3, -0.25) is 9.97 Å². The van der Waals surface area contributed by atoms with E-state index in [1.165, 1.54) is 11.1 Å². The number of ether oxygens (including phenoxy) is 1. The lowest BCUT2D eigenvalue weighted by Gasteiger charge is -2.06. The number of halogens is 1. The van der Waals surface area contributed by atoms with E-state index in [2.05, 4.69) is 51.9 Å². The summed E-state index contributed by atoms with van der Waals surface area (Å²) in [6, 6.07) is 35.0. The monoisotopic (exact) mass is 550 g/mol. The van der Waals surface area contributed by atoms with Crippen molar-refractivity contribution in [3.05, 3.63) is 137 Å². The first kappa shape index (κ1) is 25.9. The molecule has 184 valence electrons. The Bertz CT molecular complexity index is 1560. The summed E-state index contributed by atoms with van der Waals surface area (Å²) < 4.78 is 6.96. The summed E-state index contributed by atoms with van der Waals surface area (Å²) >= 11 is 3.35. The summed E-state index contributed by atoms with van der Waals surface area (Å²) in [6.07, 6.45) is 3.53. The zero-order valence-corrected chi connectivity index (χ0v) is 22.3. The van der Waals surface area contributed by atoms with Crippen molar-refractivity contribution in [2.75, 3.05) is 0 Å². The quantitative estimate of drug-likeness (QED) is 0.233. The first-order valence-corrected chi connectivity index (χ1v) is 12.6. The average molecular weight is 551 g/mol. The molecule has 0 aliphatic heterocycles. The minimum atomic E-state index is 0.283. The Kier molecular flexibility index (Phi) is 8.84. The first-order valence-electron chi connectivity index (χ1n) is 11.8. The zero-order valence-electron chi connectivity index (χ0n) is 20.7. The molecule has 37 heavy (non-hydrogen) atoms. The van der Waals surface area contributed by atoms with Crippen LogP contribution in [0.15, 0.2) is 126 Å². The molecule has 0 unspecified atom stereocenters. The van der Waals surface area contributed by atoms with Gasteiger partial charge in [0.25, 0.3) is 0 Å². The predicted molar refractivity (Wildman–Crippen MR) is 155 cm³/mol. The van der Waals surface area contributed by atoms with Gasteiger partial charge in [-0.25, -0.2) is 0 Å². The van der Waals surface area contributed by atoms with Gasteiger partial charge in [0.05, 0.1) is 11.0 Å². The molecule has 0 spiro atoms. The van der Waals surface area contributed by atoms with Gasteiger partial charge in [0.15, 0.2) is 0 Å². The van der Waals surface area contributed by atoms with Crippen LogP contribution in [0.1, 0.15) is 11.1 Å². The molecule has 5 heteroatoms. The third-order valence-electron chi connectivity index (χ3n) is 5.43. The maximum Gasteiger partial charge on any atom is 0.128 e. The molecular weight excluding hydrogens is 524 g/mol. The van der Waals surface area contributed by atoms with E-state index in [4.69, 9.17) is 9.84 Å². The number of rotatable bonds is 2. The van der Waals surface area contributed by atoms with Gasteiger partial charge in [0, 0.05) is 27.6 Å². The van der Waals surface area contributed by atoms with Crippen LogP contribution in [0.2, 0.25) is 0 Å². The SMILES string of the molecule is Cc1ccc(Br)cc1.Cc1ccc(Oc2ccc3ncccc3c2)cc1.Oc1ccc2ncccc2c1. The molecule has 0 amide bonds. The summed E-state index contributed by atoms with van der Waals surface area (Å²) in [5.74, 6) is 1.97. The lowest BCUT2D eigenvalue weighted by Crippen LogP contribution is -1.85. The van der Waals surface area contributed by atoms with Crippen LogP contribution in [0.3, 0.4) is 0 Å². The highest BCUT2D eigenvalue weighted by Gasteiger charge is 1.99. The third kappa shape index (κ3) is 7.89. The fourth-order valence-electron chi connectivity index (χ4n) is 3.46. The number of phenols is 1. The minimum Gasteiger partial charge on any atom is -0.508 e. The van der Waals surface area contributed by atoms with E-state index >= 15 is 0 Å². The Balaban J connectivity index is 0.000000143. The lowest BCUT2D eigenvalue weighted by molar-refractivity contribution is 0.476. The van der Waals surface area contributed by atoms with Crippen molar-refractivity contribution in [3.63, 3.8) is 0 Å². The number of phenolic OH excluding ortho intramolecular Hbond substituents is 1. The molecule has 0 fully saturated rings. The number of pyridine rings is 2. The molecule has 0 atom stereocenters. The Labute approximate surface area is 225 Å². The van der Waals surface area contributed by atoms with E-state index in [1.807, 2.05) is 78.9 Å².